The molecule has 102 valence electrons. The number of nitrogens with one attached hydrogen (secondary N) is 1. The number of H-pyrrole nitrogens is 1. The summed E-state index contributed by atoms with van der Waals surface area (Å²) < 4.78 is 40.3. The smallest absolute Gasteiger partial charge is 0.361 e. The van der Waals surface area contributed by atoms with Crippen molar-refractivity contribution in [2.75, 3.05) is 0 Å². The lowest BCUT2D eigenvalue weighted by Crippen LogP contribution is -2.05. The zero-order chi connectivity index (χ0) is 14.2. The number of aromatic nitrogens is 3. The number of aromatic amines is 1. The Hall–Kier alpha value is -2.50. The molecule has 0 unspecified atom stereocenters. The van der Waals surface area contributed by atoms with E-state index in [0.29, 0.717) is 11.3 Å². The minimum atomic E-state index is -4.38. The number of halogens is 3. The van der Waals surface area contributed by atoms with Crippen LogP contribution in [0.4, 0.5) is 13.2 Å². The largest absolute Gasteiger partial charge is 0.418 e. The molecule has 0 bridgehead atoms. The molecule has 6 heteroatoms. The SMILES string of the molecule is FC(F)(F)c1cc[nH]c1-c1cccc(-n2cccn2)c1. The summed E-state index contributed by atoms with van der Waals surface area (Å²) in [4.78, 5) is 2.65. The molecule has 1 N–H and O–H groups in total. The van der Waals surface area contributed by atoms with Crippen molar-refractivity contribution in [3.8, 4) is 16.9 Å². The second-order valence-electron chi connectivity index (χ2n) is 4.27. The molecule has 0 spiro atoms. The van der Waals surface area contributed by atoms with E-state index in [1.54, 1.807) is 47.4 Å². The normalized spacial score (nSPS) is 11.8. The summed E-state index contributed by atoms with van der Waals surface area (Å²) >= 11 is 0. The molecule has 3 nitrogen and oxygen atoms in total. The molecule has 3 rings (SSSR count). The van der Waals surface area contributed by atoms with Crippen LogP contribution in [-0.4, -0.2) is 14.8 Å². The standard InChI is InChI=1S/C14H10F3N3/c15-14(16,17)12-5-7-18-13(12)10-3-1-4-11(9-10)20-8-2-6-19-20/h1-9,18H. The number of rotatable bonds is 2. The van der Waals surface area contributed by atoms with Crippen molar-refractivity contribution in [2.45, 2.75) is 6.18 Å². The molecule has 3 aromatic rings. The summed E-state index contributed by atoms with van der Waals surface area (Å²) in [5.74, 6) is 0. The monoisotopic (exact) mass is 277 g/mol. The topological polar surface area (TPSA) is 33.6 Å². The third-order valence-electron chi connectivity index (χ3n) is 2.96. The van der Waals surface area contributed by atoms with E-state index in [2.05, 4.69) is 10.1 Å². The maximum atomic E-state index is 12.9. The molecular weight excluding hydrogens is 267 g/mol. The van der Waals surface area contributed by atoms with Gasteiger partial charge in [-0.1, -0.05) is 12.1 Å². The Morgan fingerprint density at radius 2 is 1.95 bits per heavy atom. The van der Waals surface area contributed by atoms with E-state index in [0.717, 1.165) is 6.07 Å². The van der Waals surface area contributed by atoms with Gasteiger partial charge in [-0.2, -0.15) is 18.3 Å². The number of hydrogen-bond acceptors (Lipinski definition) is 1. The van der Waals surface area contributed by atoms with Crippen LogP contribution in [0.15, 0.2) is 55.0 Å². The van der Waals surface area contributed by atoms with E-state index in [9.17, 15) is 13.2 Å². The third kappa shape index (κ3) is 2.20. The summed E-state index contributed by atoms with van der Waals surface area (Å²) in [7, 11) is 0. The first-order chi connectivity index (χ1) is 9.55. The highest BCUT2D eigenvalue weighted by molar-refractivity contribution is 5.66. The minimum Gasteiger partial charge on any atom is -0.361 e. The van der Waals surface area contributed by atoms with Crippen LogP contribution in [0.3, 0.4) is 0 Å². The van der Waals surface area contributed by atoms with Gasteiger partial charge < -0.3 is 4.98 Å². The van der Waals surface area contributed by atoms with Crippen LogP contribution < -0.4 is 0 Å². The van der Waals surface area contributed by atoms with Crippen molar-refractivity contribution in [1.82, 2.24) is 14.8 Å². The summed E-state index contributed by atoms with van der Waals surface area (Å²) in [5.41, 5.74) is 0.562. The summed E-state index contributed by atoms with van der Waals surface area (Å²) in [6.45, 7) is 0. The van der Waals surface area contributed by atoms with Gasteiger partial charge in [-0.3, -0.25) is 0 Å². The van der Waals surface area contributed by atoms with Gasteiger partial charge in [0.05, 0.1) is 16.9 Å². The molecule has 20 heavy (non-hydrogen) atoms. The van der Waals surface area contributed by atoms with Gasteiger partial charge in [-0.25, -0.2) is 4.68 Å². The zero-order valence-electron chi connectivity index (χ0n) is 10.2. The predicted octanol–water partition coefficient (Wildman–Crippen LogP) is 3.89. The van der Waals surface area contributed by atoms with Gasteiger partial charge in [-0.05, 0) is 24.3 Å². The van der Waals surface area contributed by atoms with Crippen molar-refractivity contribution < 1.29 is 13.2 Å². The first-order valence-corrected chi connectivity index (χ1v) is 5.91. The van der Waals surface area contributed by atoms with Gasteiger partial charge >= 0.3 is 6.18 Å². The fourth-order valence-electron chi connectivity index (χ4n) is 2.07. The summed E-state index contributed by atoms with van der Waals surface area (Å²) in [6.07, 6.45) is 0.261. The summed E-state index contributed by atoms with van der Waals surface area (Å²) in [6, 6.07) is 9.57. The molecule has 0 saturated carbocycles. The Labute approximate surface area is 112 Å². The highest BCUT2D eigenvalue weighted by atomic mass is 19.4. The fourth-order valence-corrected chi connectivity index (χ4v) is 2.07. The van der Waals surface area contributed by atoms with Gasteiger partial charge in [0.15, 0.2) is 0 Å². The average Bonchev–Trinajstić information content (AvgIpc) is 3.10. The van der Waals surface area contributed by atoms with Crippen LogP contribution in [0.2, 0.25) is 0 Å². The Morgan fingerprint density at radius 3 is 2.65 bits per heavy atom. The lowest BCUT2D eigenvalue weighted by Gasteiger charge is -2.09. The molecule has 0 aliphatic rings. The van der Waals surface area contributed by atoms with E-state index in [-0.39, 0.29) is 5.69 Å². The predicted molar refractivity (Wildman–Crippen MR) is 68.4 cm³/mol. The maximum Gasteiger partial charge on any atom is 0.418 e. The Morgan fingerprint density at radius 1 is 1.10 bits per heavy atom. The lowest BCUT2D eigenvalue weighted by molar-refractivity contribution is -0.137. The third-order valence-corrected chi connectivity index (χ3v) is 2.96. The number of hydrogen-bond donors (Lipinski definition) is 1. The quantitative estimate of drug-likeness (QED) is 0.757. The van der Waals surface area contributed by atoms with Gasteiger partial charge in [-0.15, -0.1) is 0 Å². The Balaban J connectivity index is 2.08. The molecule has 2 aromatic heterocycles. The van der Waals surface area contributed by atoms with Crippen LogP contribution in [-0.2, 0) is 6.18 Å². The Kier molecular flexibility index (Phi) is 2.85. The molecule has 0 radical (unpaired) electrons. The fraction of sp³-hybridized carbons (Fsp3) is 0.0714. The maximum absolute atomic E-state index is 12.9. The number of benzene rings is 1. The van der Waals surface area contributed by atoms with E-state index in [1.165, 1.54) is 6.20 Å². The Bertz CT molecular complexity index is 711. The molecule has 0 amide bonds. The van der Waals surface area contributed by atoms with E-state index >= 15 is 0 Å². The second kappa shape index (κ2) is 4.56. The van der Waals surface area contributed by atoms with Gasteiger partial charge in [0, 0.05) is 24.2 Å². The minimum absolute atomic E-state index is 0.0616. The number of nitrogens with zero attached hydrogens (tertiary/aromatic N) is 2. The van der Waals surface area contributed by atoms with E-state index in [4.69, 9.17) is 0 Å². The first kappa shape index (κ1) is 12.5. The summed E-state index contributed by atoms with van der Waals surface area (Å²) in [5, 5.41) is 4.06. The average molecular weight is 277 g/mol. The van der Waals surface area contributed by atoms with E-state index in [1.807, 2.05) is 0 Å². The molecular formula is C14H10F3N3. The van der Waals surface area contributed by atoms with Crippen LogP contribution in [0, 0.1) is 0 Å². The van der Waals surface area contributed by atoms with Crippen molar-refractivity contribution in [2.24, 2.45) is 0 Å². The molecule has 1 aromatic carbocycles. The molecule has 0 atom stereocenters. The van der Waals surface area contributed by atoms with Gasteiger partial charge in [0.1, 0.15) is 0 Å². The van der Waals surface area contributed by atoms with Crippen LogP contribution in [0.5, 0.6) is 0 Å². The van der Waals surface area contributed by atoms with Crippen LogP contribution in [0.25, 0.3) is 16.9 Å². The number of alkyl halides is 3. The zero-order valence-corrected chi connectivity index (χ0v) is 10.2. The highest BCUT2D eigenvalue weighted by Crippen LogP contribution is 2.36. The lowest BCUT2D eigenvalue weighted by atomic mass is 10.1. The molecule has 0 saturated heterocycles. The molecule has 2 heterocycles. The molecule has 0 aliphatic heterocycles. The van der Waals surface area contributed by atoms with Crippen molar-refractivity contribution in [3.63, 3.8) is 0 Å². The van der Waals surface area contributed by atoms with Crippen LogP contribution in [0.1, 0.15) is 5.56 Å². The highest BCUT2D eigenvalue weighted by Gasteiger charge is 2.34. The molecule has 0 fully saturated rings. The van der Waals surface area contributed by atoms with Crippen molar-refractivity contribution in [3.05, 3.63) is 60.6 Å². The van der Waals surface area contributed by atoms with Gasteiger partial charge in [0.2, 0.25) is 0 Å². The first-order valence-electron chi connectivity index (χ1n) is 5.91. The van der Waals surface area contributed by atoms with Crippen molar-refractivity contribution in [1.29, 1.82) is 0 Å². The molecule has 0 aliphatic carbocycles. The van der Waals surface area contributed by atoms with Crippen LogP contribution >= 0.6 is 0 Å². The van der Waals surface area contributed by atoms with Crippen molar-refractivity contribution >= 4 is 0 Å². The second-order valence-corrected chi connectivity index (χ2v) is 4.27. The van der Waals surface area contributed by atoms with E-state index < -0.39 is 11.7 Å². The van der Waals surface area contributed by atoms with Gasteiger partial charge in [0.25, 0.3) is 0 Å².